The lowest BCUT2D eigenvalue weighted by Gasteiger charge is -2.31. The van der Waals surface area contributed by atoms with Crippen molar-refractivity contribution in [3.05, 3.63) is 0 Å². The van der Waals surface area contributed by atoms with Gasteiger partial charge >= 0.3 is 0 Å². The molecule has 0 bridgehead atoms. The fraction of sp³-hybridized carbons (Fsp3) is 1.00. The summed E-state index contributed by atoms with van der Waals surface area (Å²) in [7, 11) is 5.48. The standard InChI is InChI=1S/C11H24N2O2/c1-13(8-11(14-2)15-3)10-6-4-5-9(10)7-12/h9-11H,4-8,12H2,1-3H3. The summed E-state index contributed by atoms with van der Waals surface area (Å²) in [5.74, 6) is 0.643. The average molecular weight is 216 g/mol. The van der Waals surface area contributed by atoms with Gasteiger partial charge in [0.2, 0.25) is 0 Å². The first-order chi connectivity index (χ1) is 7.22. The summed E-state index contributed by atoms with van der Waals surface area (Å²) in [6.45, 7) is 1.60. The first-order valence-corrected chi connectivity index (χ1v) is 5.68. The van der Waals surface area contributed by atoms with Gasteiger partial charge in [-0.05, 0) is 32.4 Å². The van der Waals surface area contributed by atoms with Crippen molar-refractivity contribution in [3.8, 4) is 0 Å². The molecule has 0 radical (unpaired) electrons. The molecule has 0 saturated heterocycles. The number of hydrogen-bond acceptors (Lipinski definition) is 4. The number of likely N-dealkylation sites (N-methyl/N-ethyl adjacent to an activating group) is 1. The lowest BCUT2D eigenvalue weighted by Crippen LogP contribution is -2.42. The van der Waals surface area contributed by atoms with E-state index in [2.05, 4.69) is 11.9 Å². The maximum Gasteiger partial charge on any atom is 0.169 e. The molecule has 90 valence electrons. The zero-order chi connectivity index (χ0) is 11.3. The molecule has 4 nitrogen and oxygen atoms in total. The van der Waals surface area contributed by atoms with Crippen LogP contribution in [0.25, 0.3) is 0 Å². The Morgan fingerprint density at radius 3 is 2.53 bits per heavy atom. The van der Waals surface area contributed by atoms with Gasteiger partial charge in [-0.25, -0.2) is 0 Å². The van der Waals surface area contributed by atoms with E-state index in [0.29, 0.717) is 12.0 Å². The number of nitrogens with two attached hydrogens (primary N) is 1. The van der Waals surface area contributed by atoms with Crippen molar-refractivity contribution in [2.45, 2.75) is 31.6 Å². The van der Waals surface area contributed by atoms with Crippen molar-refractivity contribution in [1.82, 2.24) is 4.90 Å². The minimum absolute atomic E-state index is 0.131. The molecule has 2 unspecified atom stereocenters. The van der Waals surface area contributed by atoms with Crippen LogP contribution >= 0.6 is 0 Å². The summed E-state index contributed by atoms with van der Waals surface area (Å²) in [5.41, 5.74) is 5.77. The van der Waals surface area contributed by atoms with E-state index in [1.165, 1.54) is 19.3 Å². The van der Waals surface area contributed by atoms with Gasteiger partial charge in [0.05, 0.1) is 0 Å². The minimum Gasteiger partial charge on any atom is -0.355 e. The number of ether oxygens (including phenoxy) is 2. The van der Waals surface area contributed by atoms with Crippen molar-refractivity contribution in [2.75, 3.05) is 34.4 Å². The molecule has 0 aromatic heterocycles. The molecule has 15 heavy (non-hydrogen) atoms. The third-order valence-electron chi connectivity index (χ3n) is 3.45. The third-order valence-corrected chi connectivity index (χ3v) is 3.45. The molecule has 0 amide bonds. The number of nitrogens with zero attached hydrogens (tertiary/aromatic N) is 1. The molecule has 1 saturated carbocycles. The normalized spacial score (nSPS) is 26.8. The van der Waals surface area contributed by atoms with Crippen LogP contribution < -0.4 is 5.73 Å². The van der Waals surface area contributed by atoms with Gasteiger partial charge in [-0.1, -0.05) is 6.42 Å². The zero-order valence-corrected chi connectivity index (χ0v) is 10.1. The maximum absolute atomic E-state index is 5.77. The van der Waals surface area contributed by atoms with E-state index >= 15 is 0 Å². The molecule has 0 heterocycles. The minimum atomic E-state index is -0.131. The SMILES string of the molecule is COC(CN(C)C1CCCC1CN)OC. The molecule has 1 fully saturated rings. The molecule has 0 spiro atoms. The number of rotatable bonds is 6. The Morgan fingerprint density at radius 1 is 1.33 bits per heavy atom. The molecule has 2 atom stereocenters. The number of methoxy groups -OCH3 is 2. The van der Waals surface area contributed by atoms with Gasteiger partial charge in [-0.3, -0.25) is 4.90 Å². The molecule has 0 aromatic rings. The maximum atomic E-state index is 5.77. The van der Waals surface area contributed by atoms with Gasteiger partial charge in [0.1, 0.15) is 0 Å². The average Bonchev–Trinajstić information content (AvgIpc) is 2.73. The van der Waals surface area contributed by atoms with Gasteiger partial charge in [0, 0.05) is 26.8 Å². The molecular weight excluding hydrogens is 192 g/mol. The van der Waals surface area contributed by atoms with E-state index in [-0.39, 0.29) is 6.29 Å². The summed E-state index contributed by atoms with van der Waals surface area (Å²) in [6, 6.07) is 0.600. The van der Waals surface area contributed by atoms with E-state index in [1.54, 1.807) is 14.2 Å². The highest BCUT2D eigenvalue weighted by Crippen LogP contribution is 2.28. The first-order valence-electron chi connectivity index (χ1n) is 5.68. The predicted octanol–water partition coefficient (Wildman–Crippen LogP) is 0.665. The Bertz CT molecular complexity index is 174. The highest BCUT2D eigenvalue weighted by atomic mass is 16.7. The van der Waals surface area contributed by atoms with Gasteiger partial charge < -0.3 is 15.2 Å². The lowest BCUT2D eigenvalue weighted by atomic mass is 10.0. The topological polar surface area (TPSA) is 47.7 Å². The van der Waals surface area contributed by atoms with Crippen LogP contribution in [0.15, 0.2) is 0 Å². The second-order valence-corrected chi connectivity index (χ2v) is 4.33. The number of hydrogen-bond donors (Lipinski definition) is 1. The summed E-state index contributed by atoms with van der Waals surface area (Å²) in [6.07, 6.45) is 3.67. The molecule has 4 heteroatoms. The van der Waals surface area contributed by atoms with Crippen LogP contribution in [-0.4, -0.2) is 51.6 Å². The summed E-state index contributed by atoms with van der Waals surface area (Å²) in [4.78, 5) is 2.32. The highest BCUT2D eigenvalue weighted by molar-refractivity contribution is 4.84. The van der Waals surface area contributed by atoms with Gasteiger partial charge in [-0.15, -0.1) is 0 Å². The van der Waals surface area contributed by atoms with Crippen LogP contribution in [-0.2, 0) is 9.47 Å². The van der Waals surface area contributed by atoms with E-state index in [9.17, 15) is 0 Å². The summed E-state index contributed by atoms with van der Waals surface area (Å²) >= 11 is 0. The van der Waals surface area contributed by atoms with E-state index < -0.39 is 0 Å². The third kappa shape index (κ3) is 3.41. The van der Waals surface area contributed by atoms with Crippen LogP contribution in [0.1, 0.15) is 19.3 Å². The smallest absolute Gasteiger partial charge is 0.169 e. The Hall–Kier alpha value is -0.160. The monoisotopic (exact) mass is 216 g/mol. The van der Waals surface area contributed by atoms with E-state index in [4.69, 9.17) is 15.2 Å². The zero-order valence-electron chi connectivity index (χ0n) is 10.1. The molecular formula is C11H24N2O2. The van der Waals surface area contributed by atoms with Gasteiger partial charge in [0.15, 0.2) is 6.29 Å². The van der Waals surface area contributed by atoms with Crippen LogP contribution in [0, 0.1) is 5.92 Å². The lowest BCUT2D eigenvalue weighted by molar-refractivity contribution is -0.118. The Morgan fingerprint density at radius 2 is 2.00 bits per heavy atom. The van der Waals surface area contributed by atoms with Gasteiger partial charge in [-0.2, -0.15) is 0 Å². The van der Waals surface area contributed by atoms with Crippen molar-refractivity contribution in [1.29, 1.82) is 0 Å². The summed E-state index contributed by atoms with van der Waals surface area (Å²) in [5, 5.41) is 0. The predicted molar refractivity (Wildman–Crippen MR) is 60.6 cm³/mol. The fourth-order valence-corrected chi connectivity index (χ4v) is 2.49. The molecule has 1 rings (SSSR count). The summed E-state index contributed by atoms with van der Waals surface area (Å²) < 4.78 is 10.4. The Kier molecular flexibility index (Phi) is 5.53. The van der Waals surface area contributed by atoms with Gasteiger partial charge in [0.25, 0.3) is 0 Å². The largest absolute Gasteiger partial charge is 0.355 e. The van der Waals surface area contributed by atoms with Crippen LogP contribution in [0.5, 0.6) is 0 Å². The molecule has 0 aromatic carbocycles. The van der Waals surface area contributed by atoms with Crippen LogP contribution in [0.2, 0.25) is 0 Å². The second-order valence-electron chi connectivity index (χ2n) is 4.33. The van der Waals surface area contributed by atoms with Crippen LogP contribution in [0.3, 0.4) is 0 Å². The first kappa shape index (κ1) is 12.9. The Labute approximate surface area is 92.7 Å². The fourth-order valence-electron chi connectivity index (χ4n) is 2.49. The van der Waals surface area contributed by atoms with Crippen LogP contribution in [0.4, 0.5) is 0 Å². The quantitative estimate of drug-likeness (QED) is 0.663. The van der Waals surface area contributed by atoms with E-state index in [0.717, 1.165) is 13.1 Å². The van der Waals surface area contributed by atoms with Crippen molar-refractivity contribution >= 4 is 0 Å². The van der Waals surface area contributed by atoms with Crippen molar-refractivity contribution in [3.63, 3.8) is 0 Å². The van der Waals surface area contributed by atoms with Crippen molar-refractivity contribution < 1.29 is 9.47 Å². The molecule has 1 aliphatic rings. The van der Waals surface area contributed by atoms with Crippen molar-refractivity contribution in [2.24, 2.45) is 11.7 Å². The second kappa shape index (κ2) is 6.43. The molecule has 1 aliphatic carbocycles. The highest BCUT2D eigenvalue weighted by Gasteiger charge is 2.30. The van der Waals surface area contributed by atoms with E-state index in [1.807, 2.05) is 0 Å². The Balaban J connectivity index is 2.41. The molecule has 2 N–H and O–H groups in total. The molecule has 0 aliphatic heterocycles.